The highest BCUT2D eigenvalue weighted by Crippen LogP contribution is 2.59. The number of hydrogen-bond donors (Lipinski definition) is 8. The summed E-state index contributed by atoms with van der Waals surface area (Å²) in [7, 11) is 0. The average molecular weight is 561 g/mol. The first-order valence-electron chi connectivity index (χ1n) is 12.7. The molecule has 8 N–H and O–H groups in total. The molecule has 7 rings (SSSR count). The van der Waals surface area contributed by atoms with Gasteiger partial charge in [-0.05, 0) is 47.5 Å². The van der Waals surface area contributed by atoms with E-state index in [1.807, 2.05) is 0 Å². The second-order valence-corrected chi connectivity index (χ2v) is 10.4. The highest BCUT2D eigenvalue weighted by Gasteiger charge is 2.58. The minimum atomic E-state index is -1.97. The summed E-state index contributed by atoms with van der Waals surface area (Å²) in [5, 5.41) is 83.5. The van der Waals surface area contributed by atoms with Crippen LogP contribution in [0.2, 0.25) is 0 Å². The topological polar surface area (TPSA) is 190 Å². The quantitative estimate of drug-likeness (QED) is 0.168. The van der Waals surface area contributed by atoms with Crippen molar-refractivity contribution in [3.63, 3.8) is 0 Å². The van der Waals surface area contributed by atoms with Crippen LogP contribution in [0.5, 0.6) is 51.7 Å². The highest BCUT2D eigenvalue weighted by molar-refractivity contribution is 5.63. The third-order valence-corrected chi connectivity index (χ3v) is 7.91. The molecule has 3 heterocycles. The number of aliphatic hydroxyl groups excluding tert-OH is 2. The summed E-state index contributed by atoms with van der Waals surface area (Å²) >= 11 is 0. The maximum Gasteiger partial charge on any atom is 0.305 e. The number of aromatic hydroxyl groups is 6. The van der Waals surface area contributed by atoms with E-state index in [0.29, 0.717) is 22.4 Å². The average Bonchev–Trinajstić information content (AvgIpc) is 2.91. The van der Waals surface area contributed by atoms with E-state index >= 15 is 0 Å². The molecule has 0 aliphatic carbocycles. The number of hydrogen-bond acceptors (Lipinski definition) is 11. The Balaban J connectivity index is 1.40. The van der Waals surface area contributed by atoms with Crippen molar-refractivity contribution in [3.8, 4) is 51.7 Å². The molecule has 0 unspecified atom stereocenters. The van der Waals surface area contributed by atoms with Crippen molar-refractivity contribution in [1.82, 2.24) is 0 Å². The van der Waals surface area contributed by atoms with Crippen LogP contribution in [-0.2, 0) is 12.2 Å². The second-order valence-electron chi connectivity index (χ2n) is 10.4. The number of phenols is 6. The molecule has 210 valence electrons. The summed E-state index contributed by atoms with van der Waals surface area (Å²) < 4.78 is 18.6. The molecule has 0 saturated carbocycles. The number of fused-ring (bicyclic) bond motifs is 7. The fourth-order valence-corrected chi connectivity index (χ4v) is 5.98. The minimum absolute atomic E-state index is 0.0391. The van der Waals surface area contributed by atoms with Crippen molar-refractivity contribution < 1.29 is 55.1 Å². The Morgan fingerprint density at radius 1 is 0.659 bits per heavy atom. The van der Waals surface area contributed by atoms with Crippen LogP contribution < -0.4 is 14.2 Å². The molecule has 11 heteroatoms. The van der Waals surface area contributed by atoms with Crippen molar-refractivity contribution in [2.75, 3.05) is 0 Å². The van der Waals surface area contributed by atoms with Gasteiger partial charge in [0.05, 0.1) is 12.0 Å². The Bertz CT molecular complexity index is 1730. The molecule has 0 amide bonds. The predicted molar refractivity (Wildman–Crippen MR) is 140 cm³/mol. The molecule has 5 atom stereocenters. The summed E-state index contributed by atoms with van der Waals surface area (Å²) in [5.74, 6) is -4.46. The van der Waals surface area contributed by atoms with Crippen LogP contribution in [-0.4, -0.2) is 53.1 Å². The van der Waals surface area contributed by atoms with Crippen molar-refractivity contribution in [2.24, 2.45) is 0 Å². The van der Waals surface area contributed by atoms with Gasteiger partial charge >= 0.3 is 5.79 Å². The van der Waals surface area contributed by atoms with Crippen LogP contribution >= 0.6 is 0 Å². The molecule has 0 aromatic heterocycles. The van der Waals surface area contributed by atoms with E-state index in [1.54, 1.807) is 12.1 Å². The summed E-state index contributed by atoms with van der Waals surface area (Å²) in [5.41, 5.74) is 1.83. The van der Waals surface area contributed by atoms with Gasteiger partial charge in [0.2, 0.25) is 0 Å². The molecular formula is C30H24O11. The van der Waals surface area contributed by atoms with E-state index in [2.05, 4.69) is 0 Å². The standard InChI is InChI=1S/C30H24O11/c31-15-9-21(36)27-25(10-15)41-30(14-2-4-18(33)20(35)8-14)29(38)26(27)16-5-13-7-22(37)28(39-23(13)11-24(16)40-30)12-1-3-17(32)19(34)6-12/h1-6,8-11,22,26,28-29,31-38H,7H2/t22-,26-,28+,29+,30+/m0/s1. The molecule has 0 saturated heterocycles. The van der Waals surface area contributed by atoms with Crippen LogP contribution in [0.3, 0.4) is 0 Å². The smallest absolute Gasteiger partial charge is 0.305 e. The molecule has 0 spiro atoms. The van der Waals surface area contributed by atoms with Crippen molar-refractivity contribution in [2.45, 2.75) is 36.4 Å². The zero-order chi connectivity index (χ0) is 28.8. The summed E-state index contributed by atoms with van der Waals surface area (Å²) in [6.45, 7) is 0. The van der Waals surface area contributed by atoms with Gasteiger partial charge in [-0.3, -0.25) is 0 Å². The van der Waals surface area contributed by atoms with E-state index in [0.717, 1.165) is 6.07 Å². The molecule has 41 heavy (non-hydrogen) atoms. The first kappa shape index (κ1) is 25.0. The second kappa shape index (κ2) is 8.50. The zero-order valence-electron chi connectivity index (χ0n) is 21.1. The molecular weight excluding hydrogens is 536 g/mol. The Morgan fingerprint density at radius 2 is 1.37 bits per heavy atom. The van der Waals surface area contributed by atoms with Gasteiger partial charge < -0.3 is 55.1 Å². The maximum absolute atomic E-state index is 11.7. The largest absolute Gasteiger partial charge is 0.508 e. The lowest BCUT2D eigenvalue weighted by Crippen LogP contribution is -2.57. The summed E-state index contributed by atoms with van der Waals surface area (Å²) in [6, 6.07) is 13.6. The molecule has 3 aliphatic rings. The first-order chi connectivity index (χ1) is 19.6. The van der Waals surface area contributed by atoms with Crippen molar-refractivity contribution in [1.29, 1.82) is 0 Å². The Morgan fingerprint density at radius 3 is 2.10 bits per heavy atom. The summed E-state index contributed by atoms with van der Waals surface area (Å²) in [4.78, 5) is 0. The van der Waals surface area contributed by atoms with Crippen molar-refractivity contribution >= 4 is 0 Å². The monoisotopic (exact) mass is 560 g/mol. The normalized spacial score (nSPS) is 25.5. The van der Waals surface area contributed by atoms with E-state index in [-0.39, 0.29) is 52.0 Å². The van der Waals surface area contributed by atoms with E-state index < -0.39 is 41.5 Å². The first-order valence-corrected chi connectivity index (χ1v) is 12.7. The van der Waals surface area contributed by atoms with Gasteiger partial charge in [0, 0.05) is 41.3 Å². The van der Waals surface area contributed by atoms with Gasteiger partial charge in [0.1, 0.15) is 41.0 Å². The van der Waals surface area contributed by atoms with Gasteiger partial charge in [0.25, 0.3) is 0 Å². The Kier molecular flexibility index (Phi) is 5.18. The van der Waals surface area contributed by atoms with Crippen LogP contribution in [0.25, 0.3) is 0 Å². The van der Waals surface area contributed by atoms with Crippen LogP contribution in [0.1, 0.15) is 39.8 Å². The van der Waals surface area contributed by atoms with E-state index in [1.165, 1.54) is 42.5 Å². The predicted octanol–water partition coefficient (Wildman–Crippen LogP) is 3.09. The number of aliphatic hydroxyl groups is 2. The molecule has 11 nitrogen and oxygen atoms in total. The number of benzene rings is 4. The molecule has 3 aliphatic heterocycles. The Hall–Kier alpha value is -5.00. The number of phenolic OH excluding ortho intramolecular Hbond substituents is 6. The van der Waals surface area contributed by atoms with Crippen LogP contribution in [0.15, 0.2) is 60.7 Å². The van der Waals surface area contributed by atoms with Gasteiger partial charge in [-0.2, -0.15) is 0 Å². The van der Waals surface area contributed by atoms with Gasteiger partial charge in [-0.1, -0.05) is 6.07 Å². The lowest BCUT2D eigenvalue weighted by molar-refractivity contribution is -0.218. The lowest BCUT2D eigenvalue weighted by atomic mass is 9.75. The van der Waals surface area contributed by atoms with Crippen molar-refractivity contribution in [3.05, 3.63) is 88.5 Å². The highest BCUT2D eigenvalue weighted by atomic mass is 16.7. The van der Waals surface area contributed by atoms with Gasteiger partial charge in [-0.25, -0.2) is 0 Å². The SMILES string of the molecule is Oc1cc(O)c2c(c1)O[C@@]1(c3ccc(O)c(O)c3)Oc3cc4c(cc3[C@@H]2[C@H]1O)C[C@H](O)[C@@H](c1ccc(O)c(O)c1)O4. The van der Waals surface area contributed by atoms with Crippen LogP contribution in [0, 0.1) is 0 Å². The van der Waals surface area contributed by atoms with E-state index in [4.69, 9.17) is 14.2 Å². The molecule has 0 fully saturated rings. The molecule has 4 aromatic rings. The third kappa shape index (κ3) is 3.59. The summed E-state index contributed by atoms with van der Waals surface area (Å²) in [6.07, 6.45) is -3.24. The minimum Gasteiger partial charge on any atom is -0.508 e. The fourth-order valence-electron chi connectivity index (χ4n) is 5.98. The van der Waals surface area contributed by atoms with Gasteiger partial charge in [-0.15, -0.1) is 0 Å². The Labute approximate surface area is 231 Å². The van der Waals surface area contributed by atoms with E-state index in [9.17, 15) is 40.9 Å². The fraction of sp³-hybridized carbons (Fsp3) is 0.200. The van der Waals surface area contributed by atoms with Gasteiger partial charge in [0.15, 0.2) is 23.0 Å². The molecule has 0 radical (unpaired) electrons. The number of ether oxygens (including phenoxy) is 3. The lowest BCUT2D eigenvalue weighted by Gasteiger charge is -2.50. The molecule has 4 aromatic carbocycles. The number of rotatable bonds is 2. The molecule has 2 bridgehead atoms. The maximum atomic E-state index is 11.7. The third-order valence-electron chi connectivity index (χ3n) is 7.91. The zero-order valence-corrected chi connectivity index (χ0v) is 21.1. The van der Waals surface area contributed by atoms with Crippen LogP contribution in [0.4, 0.5) is 0 Å².